The minimum absolute atomic E-state index is 0.265. The van der Waals surface area contributed by atoms with Gasteiger partial charge in [0.15, 0.2) is 0 Å². The lowest BCUT2D eigenvalue weighted by Crippen LogP contribution is -2.60. The molecule has 2 heteroatoms. The van der Waals surface area contributed by atoms with Gasteiger partial charge in [-0.15, -0.1) is 0 Å². The lowest BCUT2D eigenvalue weighted by atomic mass is 9.70. The molecule has 0 aromatic carbocycles. The summed E-state index contributed by atoms with van der Waals surface area (Å²) in [7, 11) is 0. The molecule has 2 nitrogen and oxygen atoms in total. The van der Waals surface area contributed by atoms with Gasteiger partial charge in [0.1, 0.15) is 0 Å². The van der Waals surface area contributed by atoms with Crippen LogP contribution in [0, 0.1) is 11.8 Å². The highest BCUT2D eigenvalue weighted by atomic mass is 15.2. The number of likely N-dealkylation sites (N-methyl/N-ethyl adjacent to an activating group) is 1. The number of nitrogens with two attached hydrogens (primary N) is 1. The van der Waals surface area contributed by atoms with E-state index in [1.165, 1.54) is 25.7 Å². The SMILES string of the molecule is CCC(C)N(CC)C1(CN)CC(C)CC(C)C1. The molecule has 1 aliphatic carbocycles. The third kappa shape index (κ3) is 3.23. The highest BCUT2D eigenvalue weighted by Crippen LogP contribution is 2.40. The minimum Gasteiger partial charge on any atom is -0.329 e. The van der Waals surface area contributed by atoms with Crippen LogP contribution >= 0.6 is 0 Å². The summed E-state index contributed by atoms with van der Waals surface area (Å²) in [5.74, 6) is 1.64. The van der Waals surface area contributed by atoms with Crippen LogP contribution in [0.3, 0.4) is 0 Å². The van der Waals surface area contributed by atoms with Crippen LogP contribution in [-0.4, -0.2) is 29.6 Å². The van der Waals surface area contributed by atoms with Crippen LogP contribution in [0.25, 0.3) is 0 Å². The zero-order chi connectivity index (χ0) is 13.1. The van der Waals surface area contributed by atoms with E-state index in [4.69, 9.17) is 5.73 Å². The molecule has 0 radical (unpaired) electrons. The number of rotatable bonds is 5. The van der Waals surface area contributed by atoms with Gasteiger partial charge in [0, 0.05) is 18.1 Å². The molecule has 1 saturated carbocycles. The Morgan fingerprint density at radius 3 is 2.12 bits per heavy atom. The van der Waals surface area contributed by atoms with Crippen LogP contribution in [0.2, 0.25) is 0 Å². The molecule has 17 heavy (non-hydrogen) atoms. The van der Waals surface area contributed by atoms with Gasteiger partial charge < -0.3 is 5.73 Å². The standard InChI is InChI=1S/C15H32N2/c1-6-14(5)17(7-2)15(11-16)9-12(3)8-13(4)10-15/h12-14H,6-11,16H2,1-5H3. The summed E-state index contributed by atoms with van der Waals surface area (Å²) < 4.78 is 0. The maximum atomic E-state index is 6.19. The topological polar surface area (TPSA) is 29.3 Å². The van der Waals surface area contributed by atoms with Gasteiger partial charge >= 0.3 is 0 Å². The molecular formula is C15H32N2. The molecular weight excluding hydrogens is 208 g/mol. The fourth-order valence-corrected chi connectivity index (χ4v) is 4.09. The first-order valence-corrected chi connectivity index (χ1v) is 7.45. The van der Waals surface area contributed by atoms with E-state index in [0.717, 1.165) is 24.9 Å². The van der Waals surface area contributed by atoms with Gasteiger partial charge in [-0.2, -0.15) is 0 Å². The van der Waals surface area contributed by atoms with Crippen LogP contribution in [0.5, 0.6) is 0 Å². The average molecular weight is 240 g/mol. The second-order valence-electron chi connectivity index (χ2n) is 6.33. The smallest absolute Gasteiger partial charge is 0.0339 e. The summed E-state index contributed by atoms with van der Waals surface area (Å²) in [6.07, 6.45) is 5.16. The highest BCUT2D eigenvalue weighted by Gasteiger charge is 2.42. The first-order valence-electron chi connectivity index (χ1n) is 7.45. The van der Waals surface area contributed by atoms with E-state index in [0.29, 0.717) is 6.04 Å². The molecule has 1 aliphatic rings. The Kier molecular flexibility index (Phi) is 5.46. The van der Waals surface area contributed by atoms with Crippen molar-refractivity contribution in [3.05, 3.63) is 0 Å². The van der Waals surface area contributed by atoms with Gasteiger partial charge in [-0.25, -0.2) is 0 Å². The summed E-state index contributed by atoms with van der Waals surface area (Å²) in [6, 6.07) is 0.654. The normalized spacial score (nSPS) is 36.2. The molecule has 0 aromatic rings. The molecule has 0 amide bonds. The van der Waals surface area contributed by atoms with Crippen molar-refractivity contribution < 1.29 is 0 Å². The van der Waals surface area contributed by atoms with Crippen LogP contribution in [0.4, 0.5) is 0 Å². The Labute approximate surface area is 108 Å². The van der Waals surface area contributed by atoms with Gasteiger partial charge in [-0.1, -0.05) is 27.7 Å². The maximum Gasteiger partial charge on any atom is 0.0339 e. The zero-order valence-electron chi connectivity index (χ0n) is 12.5. The second kappa shape index (κ2) is 6.19. The summed E-state index contributed by atoms with van der Waals surface area (Å²) in [6.45, 7) is 13.7. The van der Waals surface area contributed by atoms with E-state index < -0.39 is 0 Å². The Hall–Kier alpha value is -0.0800. The largest absolute Gasteiger partial charge is 0.329 e. The summed E-state index contributed by atoms with van der Waals surface area (Å²) in [4.78, 5) is 2.68. The molecule has 102 valence electrons. The van der Waals surface area contributed by atoms with Gasteiger partial charge in [-0.3, -0.25) is 4.90 Å². The Bertz CT molecular complexity index is 217. The molecule has 2 N–H and O–H groups in total. The molecule has 0 aromatic heterocycles. The van der Waals surface area contributed by atoms with Gasteiger partial charge in [-0.05, 0) is 51.0 Å². The quantitative estimate of drug-likeness (QED) is 0.799. The molecule has 0 heterocycles. The zero-order valence-corrected chi connectivity index (χ0v) is 12.5. The van der Waals surface area contributed by atoms with Crippen molar-refractivity contribution in [2.45, 2.75) is 71.9 Å². The van der Waals surface area contributed by atoms with E-state index in [9.17, 15) is 0 Å². The number of nitrogens with zero attached hydrogens (tertiary/aromatic N) is 1. The van der Waals surface area contributed by atoms with E-state index >= 15 is 0 Å². The molecule has 1 rings (SSSR count). The Morgan fingerprint density at radius 1 is 1.24 bits per heavy atom. The molecule has 1 fully saturated rings. The van der Waals surface area contributed by atoms with Crippen LogP contribution in [0.15, 0.2) is 0 Å². The Morgan fingerprint density at radius 2 is 1.76 bits per heavy atom. The molecule has 3 unspecified atom stereocenters. The van der Waals surface area contributed by atoms with Crippen molar-refractivity contribution >= 4 is 0 Å². The van der Waals surface area contributed by atoms with Gasteiger partial charge in [0.05, 0.1) is 0 Å². The van der Waals surface area contributed by atoms with E-state index in [1.54, 1.807) is 0 Å². The summed E-state index contributed by atoms with van der Waals surface area (Å²) >= 11 is 0. The average Bonchev–Trinajstić information content (AvgIpc) is 2.28. The highest BCUT2D eigenvalue weighted by molar-refractivity contribution is 4.98. The van der Waals surface area contributed by atoms with Crippen molar-refractivity contribution in [1.29, 1.82) is 0 Å². The predicted molar refractivity (Wildman–Crippen MR) is 76.1 cm³/mol. The Balaban J connectivity index is 2.91. The first-order chi connectivity index (χ1) is 7.99. The predicted octanol–water partition coefficient (Wildman–Crippen LogP) is 3.26. The second-order valence-corrected chi connectivity index (χ2v) is 6.33. The van der Waals surface area contributed by atoms with E-state index in [-0.39, 0.29) is 5.54 Å². The van der Waals surface area contributed by atoms with Crippen molar-refractivity contribution in [3.63, 3.8) is 0 Å². The minimum atomic E-state index is 0.265. The van der Waals surface area contributed by atoms with Crippen molar-refractivity contribution in [1.82, 2.24) is 4.90 Å². The van der Waals surface area contributed by atoms with E-state index in [2.05, 4.69) is 39.5 Å². The van der Waals surface area contributed by atoms with Crippen LogP contribution in [-0.2, 0) is 0 Å². The molecule has 0 spiro atoms. The fraction of sp³-hybridized carbons (Fsp3) is 1.00. The third-order valence-corrected chi connectivity index (χ3v) is 4.71. The molecule has 3 atom stereocenters. The van der Waals surface area contributed by atoms with Crippen molar-refractivity contribution in [3.8, 4) is 0 Å². The van der Waals surface area contributed by atoms with Gasteiger partial charge in [0.2, 0.25) is 0 Å². The van der Waals surface area contributed by atoms with Crippen LogP contribution in [0.1, 0.15) is 60.3 Å². The first kappa shape index (κ1) is 15.0. The molecule has 0 saturated heterocycles. The third-order valence-electron chi connectivity index (χ3n) is 4.71. The summed E-state index contributed by atoms with van der Waals surface area (Å²) in [5.41, 5.74) is 6.46. The van der Waals surface area contributed by atoms with Crippen molar-refractivity contribution in [2.75, 3.05) is 13.1 Å². The van der Waals surface area contributed by atoms with Gasteiger partial charge in [0.25, 0.3) is 0 Å². The number of hydrogen-bond donors (Lipinski definition) is 1. The molecule has 0 aliphatic heterocycles. The summed E-state index contributed by atoms with van der Waals surface area (Å²) in [5, 5.41) is 0. The lowest BCUT2D eigenvalue weighted by Gasteiger charge is -2.51. The lowest BCUT2D eigenvalue weighted by molar-refractivity contribution is -0.00389. The van der Waals surface area contributed by atoms with Crippen molar-refractivity contribution in [2.24, 2.45) is 17.6 Å². The van der Waals surface area contributed by atoms with E-state index in [1.807, 2.05) is 0 Å². The van der Waals surface area contributed by atoms with Crippen LogP contribution < -0.4 is 5.73 Å². The fourth-order valence-electron chi connectivity index (χ4n) is 4.09. The monoisotopic (exact) mass is 240 g/mol. The number of hydrogen-bond acceptors (Lipinski definition) is 2. The molecule has 0 bridgehead atoms. The maximum absolute atomic E-state index is 6.19.